The molecule has 0 aromatic rings. The molecule has 0 bridgehead atoms. The zero-order chi connectivity index (χ0) is 19.5. The van der Waals surface area contributed by atoms with Crippen LogP contribution >= 0.6 is 24.0 Å². The molecule has 0 radical (unpaired) electrons. The fraction of sp³-hybridized carbons (Fsp3) is 0.900. The lowest BCUT2D eigenvalue weighted by atomic mass is 9.87. The molecule has 8 heteroatoms. The summed E-state index contributed by atoms with van der Waals surface area (Å²) in [5.74, 6) is 2.26. The summed E-state index contributed by atoms with van der Waals surface area (Å²) < 4.78 is 12.1. The molecule has 0 aliphatic heterocycles. The summed E-state index contributed by atoms with van der Waals surface area (Å²) in [7, 11) is 1.05. The van der Waals surface area contributed by atoms with Gasteiger partial charge in [-0.3, -0.25) is 14.0 Å². The molecule has 2 fully saturated rings. The molecule has 164 valence electrons. The first kappa shape index (κ1) is 25.7. The molecule has 28 heavy (non-hydrogen) atoms. The van der Waals surface area contributed by atoms with E-state index in [1.165, 1.54) is 32.1 Å². The maximum atomic E-state index is 12.1. The monoisotopic (exact) mass is 526 g/mol. The number of aliphatic imine (C=N–C) groups is 1. The first-order valence-corrected chi connectivity index (χ1v) is 12.1. The Balaban J connectivity index is 0.00000392. The normalized spacial score (nSPS) is 24.7. The standard InChI is InChI=1S/C20H38N4O2S.HI/c1-3-27(26)18-11-7-10-17(15-18)24-20(21-2)23-13-12-22-19(25)14-16-8-5-4-6-9-16;/h16-18H,3-15H2,1-2H3,(H,22,25)(H2,21,23,24);1H. The summed E-state index contributed by atoms with van der Waals surface area (Å²) in [6.45, 7) is 3.27. The second-order valence-electron chi connectivity index (χ2n) is 7.86. The number of guanidine groups is 1. The van der Waals surface area contributed by atoms with Crippen LogP contribution in [-0.2, 0) is 15.6 Å². The number of nitrogens with one attached hydrogen (secondary N) is 3. The average Bonchev–Trinajstić information content (AvgIpc) is 2.70. The van der Waals surface area contributed by atoms with E-state index >= 15 is 0 Å². The van der Waals surface area contributed by atoms with Crippen LogP contribution in [0.15, 0.2) is 4.99 Å². The highest BCUT2D eigenvalue weighted by Gasteiger charge is 2.26. The van der Waals surface area contributed by atoms with Crippen molar-refractivity contribution < 1.29 is 9.00 Å². The summed E-state index contributed by atoms with van der Waals surface area (Å²) in [5.41, 5.74) is 0. The molecular weight excluding hydrogens is 487 g/mol. The van der Waals surface area contributed by atoms with Gasteiger partial charge in [0.05, 0.1) is 0 Å². The first-order chi connectivity index (χ1) is 13.1. The van der Waals surface area contributed by atoms with Crippen LogP contribution in [0, 0.1) is 5.92 Å². The highest BCUT2D eigenvalue weighted by Crippen LogP contribution is 2.26. The largest absolute Gasteiger partial charge is 0.355 e. The van der Waals surface area contributed by atoms with E-state index < -0.39 is 10.8 Å². The van der Waals surface area contributed by atoms with Crippen LogP contribution < -0.4 is 16.0 Å². The number of hydrogen-bond acceptors (Lipinski definition) is 3. The summed E-state index contributed by atoms with van der Waals surface area (Å²) in [6.07, 6.45) is 11.2. The number of rotatable bonds is 8. The number of carbonyl (C=O) groups is 1. The molecule has 3 unspecified atom stereocenters. The highest BCUT2D eigenvalue weighted by atomic mass is 127. The summed E-state index contributed by atoms with van der Waals surface area (Å²) in [6, 6.07) is 0.325. The molecule has 1 amide bonds. The van der Waals surface area contributed by atoms with E-state index in [1.54, 1.807) is 7.05 Å². The van der Waals surface area contributed by atoms with Gasteiger partial charge in [-0.2, -0.15) is 0 Å². The van der Waals surface area contributed by atoms with E-state index in [1.807, 2.05) is 6.92 Å². The summed E-state index contributed by atoms with van der Waals surface area (Å²) in [4.78, 5) is 16.3. The minimum Gasteiger partial charge on any atom is -0.355 e. The Morgan fingerprint density at radius 3 is 2.43 bits per heavy atom. The quantitative estimate of drug-likeness (QED) is 0.197. The average molecular weight is 527 g/mol. The molecule has 2 aliphatic rings. The lowest BCUT2D eigenvalue weighted by molar-refractivity contribution is -0.122. The van der Waals surface area contributed by atoms with Gasteiger partial charge < -0.3 is 16.0 Å². The van der Waals surface area contributed by atoms with Crippen molar-refractivity contribution in [1.82, 2.24) is 16.0 Å². The van der Waals surface area contributed by atoms with Gasteiger partial charge >= 0.3 is 0 Å². The molecule has 2 aliphatic carbocycles. The Bertz CT molecular complexity index is 512. The Kier molecular flexibility index (Phi) is 13.4. The number of carbonyl (C=O) groups excluding carboxylic acids is 1. The van der Waals surface area contributed by atoms with Gasteiger partial charge in [-0.05, 0) is 38.0 Å². The van der Waals surface area contributed by atoms with E-state index in [-0.39, 0.29) is 29.9 Å². The minimum absolute atomic E-state index is 0. The Morgan fingerprint density at radius 1 is 1.04 bits per heavy atom. The molecule has 2 rings (SSSR count). The molecule has 0 aromatic carbocycles. The minimum atomic E-state index is -0.714. The Morgan fingerprint density at radius 2 is 1.75 bits per heavy atom. The molecule has 0 saturated heterocycles. The van der Waals surface area contributed by atoms with Crippen molar-refractivity contribution in [2.45, 2.75) is 82.4 Å². The van der Waals surface area contributed by atoms with Crippen molar-refractivity contribution >= 4 is 46.6 Å². The van der Waals surface area contributed by atoms with Crippen molar-refractivity contribution in [1.29, 1.82) is 0 Å². The fourth-order valence-electron chi connectivity index (χ4n) is 4.25. The van der Waals surface area contributed by atoms with E-state index in [2.05, 4.69) is 20.9 Å². The lowest BCUT2D eigenvalue weighted by Crippen LogP contribution is -2.48. The molecule has 2 saturated carbocycles. The van der Waals surface area contributed by atoms with E-state index in [0.717, 1.165) is 37.4 Å². The van der Waals surface area contributed by atoms with E-state index in [4.69, 9.17) is 0 Å². The number of hydrogen-bond donors (Lipinski definition) is 3. The van der Waals surface area contributed by atoms with Crippen molar-refractivity contribution in [2.75, 3.05) is 25.9 Å². The molecule has 3 N–H and O–H groups in total. The second kappa shape index (κ2) is 14.6. The van der Waals surface area contributed by atoms with Gasteiger partial charge in [-0.1, -0.05) is 32.6 Å². The van der Waals surface area contributed by atoms with E-state index in [0.29, 0.717) is 36.7 Å². The van der Waals surface area contributed by atoms with Crippen LogP contribution in [0.1, 0.15) is 71.1 Å². The van der Waals surface area contributed by atoms with Gasteiger partial charge in [-0.15, -0.1) is 24.0 Å². The van der Waals surface area contributed by atoms with Crippen molar-refractivity contribution in [3.05, 3.63) is 0 Å². The van der Waals surface area contributed by atoms with Crippen LogP contribution in [0.4, 0.5) is 0 Å². The van der Waals surface area contributed by atoms with Gasteiger partial charge in [0.2, 0.25) is 5.91 Å². The predicted molar refractivity (Wildman–Crippen MR) is 129 cm³/mol. The topological polar surface area (TPSA) is 82.6 Å². The van der Waals surface area contributed by atoms with Gasteiger partial charge in [0.25, 0.3) is 0 Å². The van der Waals surface area contributed by atoms with Crippen molar-refractivity contribution in [3.63, 3.8) is 0 Å². The number of halogens is 1. The van der Waals surface area contributed by atoms with Crippen LogP contribution in [0.25, 0.3) is 0 Å². The Labute approximate surface area is 190 Å². The van der Waals surface area contributed by atoms with Crippen LogP contribution in [0.3, 0.4) is 0 Å². The zero-order valence-electron chi connectivity index (χ0n) is 17.5. The van der Waals surface area contributed by atoms with Gasteiger partial charge in [0, 0.05) is 54.4 Å². The third kappa shape index (κ3) is 9.41. The van der Waals surface area contributed by atoms with Gasteiger partial charge in [-0.25, -0.2) is 0 Å². The number of amides is 1. The molecule has 0 aromatic heterocycles. The van der Waals surface area contributed by atoms with Crippen LogP contribution in [-0.4, -0.2) is 53.3 Å². The zero-order valence-corrected chi connectivity index (χ0v) is 20.7. The van der Waals surface area contributed by atoms with E-state index in [9.17, 15) is 9.00 Å². The highest BCUT2D eigenvalue weighted by molar-refractivity contribution is 14.0. The Hall–Kier alpha value is -0.380. The smallest absolute Gasteiger partial charge is 0.220 e. The molecule has 0 heterocycles. The van der Waals surface area contributed by atoms with Gasteiger partial charge in [0.1, 0.15) is 0 Å². The molecule has 3 atom stereocenters. The SMILES string of the molecule is CCS(=O)C1CCCC(NC(=NC)NCCNC(=O)CC2CCCCC2)C1.I. The second-order valence-corrected chi connectivity index (χ2v) is 9.86. The third-order valence-electron chi connectivity index (χ3n) is 5.79. The van der Waals surface area contributed by atoms with Crippen LogP contribution in [0.5, 0.6) is 0 Å². The summed E-state index contributed by atoms with van der Waals surface area (Å²) >= 11 is 0. The van der Waals surface area contributed by atoms with Crippen molar-refractivity contribution in [2.24, 2.45) is 10.9 Å². The number of nitrogens with zero attached hydrogens (tertiary/aromatic N) is 1. The summed E-state index contributed by atoms with van der Waals surface area (Å²) in [5, 5.41) is 10.1. The predicted octanol–water partition coefficient (Wildman–Crippen LogP) is 2.94. The maximum Gasteiger partial charge on any atom is 0.220 e. The third-order valence-corrected chi connectivity index (χ3v) is 7.53. The maximum absolute atomic E-state index is 12.1. The molecule has 6 nitrogen and oxygen atoms in total. The first-order valence-electron chi connectivity index (χ1n) is 10.7. The van der Waals surface area contributed by atoms with Crippen LogP contribution in [0.2, 0.25) is 0 Å². The van der Waals surface area contributed by atoms with Crippen molar-refractivity contribution in [3.8, 4) is 0 Å². The molecular formula is C20H39IN4O2S. The fourth-order valence-corrected chi connectivity index (χ4v) is 5.59. The van der Waals surface area contributed by atoms with Gasteiger partial charge in [0.15, 0.2) is 5.96 Å². The lowest BCUT2D eigenvalue weighted by Gasteiger charge is -2.30. The molecule has 0 spiro atoms.